The van der Waals surface area contributed by atoms with Gasteiger partial charge < -0.3 is 20.0 Å². The zero-order valence-electron chi connectivity index (χ0n) is 18.8. The third-order valence-electron chi connectivity index (χ3n) is 7.55. The van der Waals surface area contributed by atoms with Crippen molar-refractivity contribution in [3.05, 3.63) is 23.8 Å². The summed E-state index contributed by atoms with van der Waals surface area (Å²) in [5, 5.41) is 19.3. The second kappa shape index (κ2) is 9.03. The van der Waals surface area contributed by atoms with Crippen LogP contribution in [0.4, 0.5) is 16.2 Å². The lowest BCUT2D eigenvalue weighted by Crippen LogP contribution is -2.50. The van der Waals surface area contributed by atoms with Crippen molar-refractivity contribution in [2.45, 2.75) is 64.0 Å². The SMILES string of the molecule is C#CCN(C(=O)O)c1ccc(N2CCC[C@]3(CCN(C4CCC(O)CC4)C3=O)C2)cc1C. The van der Waals surface area contributed by atoms with Crippen LogP contribution < -0.4 is 9.80 Å². The molecule has 0 unspecified atom stereocenters. The summed E-state index contributed by atoms with van der Waals surface area (Å²) >= 11 is 0. The minimum atomic E-state index is -1.07. The molecule has 2 saturated heterocycles. The Kier molecular flexibility index (Phi) is 6.34. The van der Waals surface area contributed by atoms with Crippen LogP contribution in [0, 0.1) is 24.7 Å². The number of likely N-dealkylation sites (tertiary alicyclic amines) is 1. The van der Waals surface area contributed by atoms with Gasteiger partial charge in [-0.15, -0.1) is 6.42 Å². The van der Waals surface area contributed by atoms with E-state index >= 15 is 0 Å². The van der Waals surface area contributed by atoms with E-state index in [-0.39, 0.29) is 30.0 Å². The lowest BCUT2D eigenvalue weighted by molar-refractivity contribution is -0.139. The molecular formula is C25H33N3O4. The predicted octanol–water partition coefficient (Wildman–Crippen LogP) is 3.24. The average molecular weight is 440 g/mol. The maximum absolute atomic E-state index is 13.5. The van der Waals surface area contributed by atoms with Gasteiger partial charge in [0, 0.05) is 31.4 Å². The number of anilines is 2. The first-order valence-corrected chi connectivity index (χ1v) is 11.6. The molecule has 2 N–H and O–H groups in total. The number of hydrogen-bond acceptors (Lipinski definition) is 4. The number of aliphatic hydroxyl groups is 1. The molecule has 3 fully saturated rings. The van der Waals surface area contributed by atoms with Crippen LogP contribution in [0.15, 0.2) is 18.2 Å². The number of carbonyl (C=O) groups excluding carboxylic acids is 1. The lowest BCUT2D eigenvalue weighted by Gasteiger charge is -2.41. The van der Waals surface area contributed by atoms with Crippen LogP contribution in [0.1, 0.15) is 50.5 Å². The first-order valence-electron chi connectivity index (χ1n) is 11.6. The molecule has 2 amide bonds. The molecule has 0 bridgehead atoms. The van der Waals surface area contributed by atoms with Gasteiger partial charge in [0.25, 0.3) is 0 Å². The third kappa shape index (κ3) is 4.16. The average Bonchev–Trinajstić information content (AvgIpc) is 3.08. The van der Waals surface area contributed by atoms with Gasteiger partial charge in [0.2, 0.25) is 5.91 Å². The van der Waals surface area contributed by atoms with Crippen molar-refractivity contribution in [2.75, 3.05) is 36.0 Å². The minimum absolute atomic E-state index is 0.00484. The molecule has 1 aliphatic carbocycles. The van der Waals surface area contributed by atoms with Gasteiger partial charge in [0.15, 0.2) is 0 Å². The van der Waals surface area contributed by atoms with Crippen LogP contribution in [-0.2, 0) is 4.79 Å². The Morgan fingerprint density at radius 2 is 2.00 bits per heavy atom. The highest BCUT2D eigenvalue weighted by atomic mass is 16.4. The van der Waals surface area contributed by atoms with Crippen molar-refractivity contribution in [1.82, 2.24) is 4.90 Å². The molecule has 1 aromatic carbocycles. The van der Waals surface area contributed by atoms with Crippen LogP contribution in [0.25, 0.3) is 0 Å². The lowest BCUT2D eigenvalue weighted by atomic mass is 9.78. The standard InChI is InChI=1S/C25H33N3O4/c1-3-13-28(24(31)32)22-10-7-20(16-18(22)2)26-14-4-11-25(17-26)12-15-27(23(25)30)19-5-8-21(29)9-6-19/h1,7,10,16,19,21,29H,4-6,8-9,11-15,17H2,2H3,(H,31,32)/t19?,21?,25-/m0/s1. The topological polar surface area (TPSA) is 84.3 Å². The molecule has 1 spiro atoms. The van der Waals surface area contributed by atoms with Crippen LogP contribution in [0.3, 0.4) is 0 Å². The van der Waals surface area contributed by atoms with Gasteiger partial charge in [-0.2, -0.15) is 0 Å². The number of benzene rings is 1. The Bertz CT molecular complexity index is 918. The number of rotatable bonds is 4. The summed E-state index contributed by atoms with van der Waals surface area (Å²) in [5.41, 5.74) is 2.12. The van der Waals surface area contributed by atoms with Crippen LogP contribution in [0.5, 0.6) is 0 Å². The van der Waals surface area contributed by atoms with Crippen molar-refractivity contribution < 1.29 is 19.8 Å². The zero-order valence-corrected chi connectivity index (χ0v) is 18.8. The molecule has 4 rings (SSSR count). The van der Waals surface area contributed by atoms with Gasteiger partial charge in [-0.25, -0.2) is 4.79 Å². The molecule has 32 heavy (non-hydrogen) atoms. The van der Waals surface area contributed by atoms with E-state index in [2.05, 4.69) is 15.7 Å². The number of amides is 2. The molecule has 1 saturated carbocycles. The number of nitrogens with zero attached hydrogens (tertiary/aromatic N) is 3. The largest absolute Gasteiger partial charge is 0.465 e. The molecule has 7 nitrogen and oxygen atoms in total. The van der Waals surface area contributed by atoms with E-state index in [0.717, 1.165) is 69.3 Å². The Balaban J connectivity index is 1.50. The maximum Gasteiger partial charge on any atom is 0.412 e. The highest BCUT2D eigenvalue weighted by Gasteiger charge is 2.50. The van der Waals surface area contributed by atoms with Gasteiger partial charge in [0.1, 0.15) is 0 Å². The molecule has 3 aliphatic rings. The highest BCUT2D eigenvalue weighted by molar-refractivity contribution is 5.88. The Hall–Kier alpha value is -2.72. The van der Waals surface area contributed by atoms with Gasteiger partial charge >= 0.3 is 6.09 Å². The molecule has 7 heteroatoms. The molecule has 2 aliphatic heterocycles. The van der Waals surface area contributed by atoms with Gasteiger partial charge in [-0.05, 0) is 75.6 Å². The number of aliphatic hydroxyl groups excluding tert-OH is 1. The summed E-state index contributed by atoms with van der Waals surface area (Å²) in [6.07, 6.45) is 10.2. The fraction of sp³-hybridized carbons (Fsp3) is 0.600. The van der Waals surface area contributed by atoms with Crippen molar-refractivity contribution >= 4 is 23.4 Å². The summed E-state index contributed by atoms with van der Waals surface area (Å²) in [6.45, 7) is 4.29. The van der Waals surface area contributed by atoms with Gasteiger partial charge in [0.05, 0.1) is 23.8 Å². The van der Waals surface area contributed by atoms with E-state index < -0.39 is 6.09 Å². The fourth-order valence-electron chi connectivity index (χ4n) is 5.78. The molecule has 2 heterocycles. The van der Waals surface area contributed by atoms with E-state index in [1.54, 1.807) is 0 Å². The van der Waals surface area contributed by atoms with Crippen LogP contribution in [-0.4, -0.2) is 65.4 Å². The summed E-state index contributed by atoms with van der Waals surface area (Å²) in [4.78, 5) is 30.7. The first kappa shape index (κ1) is 22.5. The van der Waals surface area contributed by atoms with E-state index in [1.165, 1.54) is 4.90 Å². The molecule has 1 atom stereocenters. The zero-order chi connectivity index (χ0) is 22.9. The summed E-state index contributed by atoms with van der Waals surface area (Å²) in [7, 11) is 0. The Morgan fingerprint density at radius 3 is 2.66 bits per heavy atom. The van der Waals surface area contributed by atoms with E-state index in [0.29, 0.717) is 12.2 Å². The number of piperidine rings is 1. The van der Waals surface area contributed by atoms with Crippen LogP contribution >= 0.6 is 0 Å². The van der Waals surface area contributed by atoms with Crippen LogP contribution in [0.2, 0.25) is 0 Å². The third-order valence-corrected chi connectivity index (χ3v) is 7.55. The Labute approximate surface area is 190 Å². The molecule has 172 valence electrons. The quantitative estimate of drug-likeness (QED) is 0.704. The fourth-order valence-corrected chi connectivity index (χ4v) is 5.78. The number of carbonyl (C=O) groups is 2. The van der Waals surface area contributed by atoms with Crippen molar-refractivity contribution in [3.8, 4) is 12.3 Å². The maximum atomic E-state index is 13.5. The van der Waals surface area contributed by atoms with E-state index in [4.69, 9.17) is 6.42 Å². The van der Waals surface area contributed by atoms with Gasteiger partial charge in [-0.3, -0.25) is 9.69 Å². The number of aryl methyl sites for hydroxylation is 1. The number of hydrogen-bond donors (Lipinski definition) is 2. The monoisotopic (exact) mass is 439 g/mol. The highest BCUT2D eigenvalue weighted by Crippen LogP contribution is 2.43. The van der Waals surface area contributed by atoms with Crippen molar-refractivity contribution in [3.63, 3.8) is 0 Å². The van der Waals surface area contributed by atoms with Gasteiger partial charge in [-0.1, -0.05) is 5.92 Å². The summed E-state index contributed by atoms with van der Waals surface area (Å²) in [5.74, 6) is 2.68. The van der Waals surface area contributed by atoms with Crippen molar-refractivity contribution in [1.29, 1.82) is 0 Å². The molecule has 1 aromatic rings. The first-order chi connectivity index (χ1) is 15.3. The minimum Gasteiger partial charge on any atom is -0.465 e. The second-order valence-electron chi connectivity index (χ2n) is 9.56. The van der Waals surface area contributed by atoms with E-state index in [9.17, 15) is 19.8 Å². The number of carboxylic acid groups (broad SMARTS) is 1. The summed E-state index contributed by atoms with van der Waals surface area (Å²) < 4.78 is 0. The molecule has 0 radical (unpaired) electrons. The second-order valence-corrected chi connectivity index (χ2v) is 9.56. The smallest absolute Gasteiger partial charge is 0.412 e. The van der Waals surface area contributed by atoms with E-state index in [1.807, 2.05) is 25.1 Å². The number of terminal acetylenes is 1. The Morgan fingerprint density at radius 1 is 1.25 bits per heavy atom. The van der Waals surface area contributed by atoms with Crippen molar-refractivity contribution in [2.24, 2.45) is 5.41 Å². The molecule has 0 aromatic heterocycles. The molecular weight excluding hydrogens is 406 g/mol. The summed E-state index contributed by atoms with van der Waals surface area (Å²) in [6, 6.07) is 6.02. The normalized spacial score (nSPS) is 28.1. The predicted molar refractivity (Wildman–Crippen MR) is 124 cm³/mol.